The van der Waals surface area contributed by atoms with Crippen LogP contribution >= 0.6 is 0 Å². The highest BCUT2D eigenvalue weighted by atomic mass is 16.6. The molecule has 5 rings (SSSR count). The molecule has 1 atom stereocenters. The maximum atomic E-state index is 13.7. The predicted molar refractivity (Wildman–Crippen MR) is 156 cm³/mol. The average molecular weight is 561 g/mol. The van der Waals surface area contributed by atoms with Crippen molar-refractivity contribution < 1.29 is 28.5 Å². The van der Waals surface area contributed by atoms with E-state index in [9.17, 15) is 4.79 Å². The number of hydrogen-bond donors (Lipinski definition) is 0. The number of morpholine rings is 1. The molecule has 2 aliphatic rings. The third-order valence-electron chi connectivity index (χ3n) is 7.20. The Morgan fingerprint density at radius 3 is 2.32 bits per heavy atom. The van der Waals surface area contributed by atoms with Crippen LogP contribution in [0.25, 0.3) is 0 Å². The lowest BCUT2D eigenvalue weighted by Gasteiger charge is -2.35. The fourth-order valence-corrected chi connectivity index (χ4v) is 5.12. The van der Waals surface area contributed by atoms with Crippen molar-refractivity contribution in [3.05, 3.63) is 83.4 Å². The van der Waals surface area contributed by atoms with Gasteiger partial charge in [0, 0.05) is 32.7 Å². The molecule has 2 aliphatic heterocycles. The van der Waals surface area contributed by atoms with E-state index in [2.05, 4.69) is 30.9 Å². The van der Waals surface area contributed by atoms with E-state index in [0.29, 0.717) is 52.0 Å². The summed E-state index contributed by atoms with van der Waals surface area (Å²) in [6.07, 6.45) is -0.494. The van der Waals surface area contributed by atoms with Gasteiger partial charge in [-0.05, 0) is 59.0 Å². The zero-order valence-electron chi connectivity index (χ0n) is 24.2. The highest BCUT2D eigenvalue weighted by molar-refractivity contribution is 5.81. The van der Waals surface area contributed by atoms with Crippen LogP contribution in [0.5, 0.6) is 23.0 Å². The van der Waals surface area contributed by atoms with Gasteiger partial charge in [0.15, 0.2) is 11.5 Å². The van der Waals surface area contributed by atoms with Crippen molar-refractivity contribution in [3.63, 3.8) is 0 Å². The molecule has 0 radical (unpaired) electrons. The van der Waals surface area contributed by atoms with Gasteiger partial charge in [0.05, 0.1) is 13.7 Å². The highest BCUT2D eigenvalue weighted by Gasteiger charge is 2.31. The quantitative estimate of drug-likeness (QED) is 0.329. The molecule has 8 heteroatoms. The number of hydrogen-bond acceptors (Lipinski definition) is 7. The molecule has 0 aromatic heterocycles. The number of rotatable bonds is 11. The molecular formula is C33H40N2O6. The molecule has 8 nitrogen and oxygen atoms in total. The van der Waals surface area contributed by atoms with Crippen LogP contribution in [-0.2, 0) is 29.2 Å². The van der Waals surface area contributed by atoms with Gasteiger partial charge in [0.25, 0.3) is 5.91 Å². The van der Waals surface area contributed by atoms with Gasteiger partial charge in [0.1, 0.15) is 37.4 Å². The van der Waals surface area contributed by atoms with Crippen molar-refractivity contribution in [1.82, 2.24) is 9.80 Å². The fraction of sp³-hybridized carbons (Fsp3) is 0.424. The Kier molecular flexibility index (Phi) is 9.64. The second kappa shape index (κ2) is 13.7. The lowest BCUT2D eigenvalue weighted by molar-refractivity contribution is -0.151. The number of amides is 1. The van der Waals surface area contributed by atoms with Crippen LogP contribution in [-0.4, -0.2) is 68.4 Å². The summed E-state index contributed by atoms with van der Waals surface area (Å²) < 4.78 is 28.6. The second-order valence-corrected chi connectivity index (χ2v) is 11.0. The molecule has 41 heavy (non-hydrogen) atoms. The van der Waals surface area contributed by atoms with Gasteiger partial charge in [-0.2, -0.15) is 0 Å². The van der Waals surface area contributed by atoms with Gasteiger partial charge in [-0.25, -0.2) is 0 Å². The molecule has 0 bridgehead atoms. The minimum absolute atomic E-state index is 0.0283. The molecular weight excluding hydrogens is 520 g/mol. The minimum Gasteiger partial charge on any atom is -0.497 e. The third-order valence-corrected chi connectivity index (χ3v) is 7.20. The first-order valence-corrected chi connectivity index (χ1v) is 14.3. The van der Waals surface area contributed by atoms with Crippen molar-refractivity contribution in [2.75, 3.05) is 46.6 Å². The second-order valence-electron chi connectivity index (χ2n) is 11.0. The SMILES string of the molecule is COc1ccc(COc2ccc(CN3CCOC(C(=O)N(Cc4ccc5c(c4)OCCO5)CC(C)C)C3)cc2)cc1. The van der Waals surface area contributed by atoms with E-state index >= 15 is 0 Å². The van der Waals surface area contributed by atoms with Crippen LogP contribution in [0.4, 0.5) is 0 Å². The molecule has 3 aromatic rings. The maximum absolute atomic E-state index is 13.7. The molecule has 1 saturated heterocycles. The van der Waals surface area contributed by atoms with E-state index in [4.69, 9.17) is 23.7 Å². The van der Waals surface area contributed by atoms with Crippen LogP contribution in [0, 0.1) is 5.92 Å². The smallest absolute Gasteiger partial charge is 0.253 e. The molecule has 1 fully saturated rings. The zero-order valence-corrected chi connectivity index (χ0v) is 24.2. The summed E-state index contributed by atoms with van der Waals surface area (Å²) in [5, 5.41) is 0. The Bertz CT molecular complexity index is 1280. The molecule has 0 spiro atoms. The number of ether oxygens (including phenoxy) is 5. The summed E-state index contributed by atoms with van der Waals surface area (Å²) in [4.78, 5) is 17.9. The molecule has 218 valence electrons. The average Bonchev–Trinajstić information content (AvgIpc) is 3.00. The van der Waals surface area contributed by atoms with Crippen LogP contribution in [0.1, 0.15) is 30.5 Å². The lowest BCUT2D eigenvalue weighted by Crippen LogP contribution is -2.51. The molecule has 1 amide bonds. The van der Waals surface area contributed by atoms with E-state index < -0.39 is 6.10 Å². The van der Waals surface area contributed by atoms with Gasteiger partial charge in [-0.1, -0.05) is 44.2 Å². The molecule has 1 unspecified atom stereocenters. The standard InChI is InChI=1S/C33H40N2O6/c1-24(2)19-35(21-27-8-13-30-31(18-27)40-17-16-39-30)33(36)32-22-34(14-15-38-32)20-25-4-11-29(12-5-25)41-23-26-6-9-28(37-3)10-7-26/h4-13,18,24,32H,14-17,19-23H2,1-3H3. The van der Waals surface area contributed by atoms with Gasteiger partial charge < -0.3 is 28.6 Å². The monoisotopic (exact) mass is 560 g/mol. The molecule has 0 N–H and O–H groups in total. The third kappa shape index (κ3) is 7.93. The van der Waals surface area contributed by atoms with Gasteiger partial charge in [-0.15, -0.1) is 0 Å². The molecule has 0 aliphatic carbocycles. The first kappa shape index (κ1) is 28.8. The van der Waals surface area contributed by atoms with Gasteiger partial charge >= 0.3 is 0 Å². The van der Waals surface area contributed by atoms with Gasteiger partial charge in [0.2, 0.25) is 0 Å². The predicted octanol–water partition coefficient (Wildman–Crippen LogP) is 4.93. The molecule has 0 saturated carbocycles. The number of nitrogens with zero attached hydrogens (tertiary/aromatic N) is 2. The number of benzene rings is 3. The number of fused-ring (bicyclic) bond motifs is 1. The normalized spacial score (nSPS) is 16.8. The summed E-state index contributed by atoms with van der Waals surface area (Å²) >= 11 is 0. The van der Waals surface area contributed by atoms with Gasteiger partial charge in [-0.3, -0.25) is 9.69 Å². The highest BCUT2D eigenvalue weighted by Crippen LogP contribution is 2.31. The number of methoxy groups -OCH3 is 1. The van der Waals surface area contributed by atoms with E-state index in [1.807, 2.05) is 59.5 Å². The van der Waals surface area contributed by atoms with Crippen LogP contribution in [0.3, 0.4) is 0 Å². The van der Waals surface area contributed by atoms with Crippen molar-refractivity contribution in [3.8, 4) is 23.0 Å². The Balaban J connectivity index is 1.16. The molecule has 3 aromatic carbocycles. The van der Waals surface area contributed by atoms with E-state index in [1.54, 1.807) is 7.11 Å². The van der Waals surface area contributed by atoms with Crippen LogP contribution < -0.4 is 18.9 Å². The molecule has 2 heterocycles. The zero-order chi connectivity index (χ0) is 28.6. The first-order chi connectivity index (χ1) is 20.0. The van der Waals surface area contributed by atoms with Crippen molar-refractivity contribution >= 4 is 5.91 Å². The number of carbonyl (C=O) groups excluding carboxylic acids is 1. The largest absolute Gasteiger partial charge is 0.497 e. The summed E-state index contributed by atoms with van der Waals surface area (Å²) in [7, 11) is 1.66. The minimum atomic E-state index is -0.494. The van der Waals surface area contributed by atoms with Crippen molar-refractivity contribution in [2.24, 2.45) is 5.92 Å². The summed E-state index contributed by atoms with van der Waals surface area (Å²) in [6.45, 7) is 9.63. The topological polar surface area (TPSA) is 69.7 Å². The Hall–Kier alpha value is -3.75. The first-order valence-electron chi connectivity index (χ1n) is 14.3. The Labute approximate surface area is 242 Å². The van der Waals surface area contributed by atoms with Crippen molar-refractivity contribution in [2.45, 2.75) is 39.6 Å². The summed E-state index contributed by atoms with van der Waals surface area (Å²) in [5.41, 5.74) is 3.27. The van der Waals surface area contributed by atoms with E-state index in [0.717, 1.165) is 47.2 Å². The van der Waals surface area contributed by atoms with Crippen LogP contribution in [0.2, 0.25) is 0 Å². The Morgan fingerprint density at radius 1 is 0.902 bits per heavy atom. The lowest BCUT2D eigenvalue weighted by atomic mass is 10.1. The summed E-state index contributed by atoms with van der Waals surface area (Å²) in [6, 6.07) is 22.0. The van der Waals surface area contributed by atoms with E-state index in [-0.39, 0.29) is 5.91 Å². The van der Waals surface area contributed by atoms with Crippen molar-refractivity contribution in [1.29, 1.82) is 0 Å². The van der Waals surface area contributed by atoms with E-state index in [1.165, 1.54) is 5.56 Å². The van der Waals surface area contributed by atoms with Crippen LogP contribution in [0.15, 0.2) is 66.7 Å². The summed E-state index contributed by atoms with van der Waals surface area (Å²) in [5.74, 6) is 3.51. The number of carbonyl (C=O) groups is 1. The maximum Gasteiger partial charge on any atom is 0.253 e. The fourth-order valence-electron chi connectivity index (χ4n) is 5.12. The Morgan fingerprint density at radius 2 is 1.59 bits per heavy atom.